The summed E-state index contributed by atoms with van der Waals surface area (Å²) in [6.07, 6.45) is 4.57. The normalized spacial score (nSPS) is 35.0. The molecule has 1 amide bonds. The molecule has 108 valence electrons. The van der Waals surface area contributed by atoms with Gasteiger partial charge in [0.25, 0.3) is 0 Å². The van der Waals surface area contributed by atoms with Gasteiger partial charge in [-0.3, -0.25) is 9.59 Å². The molecule has 2 aliphatic rings. The largest absolute Gasteiger partial charge is 0.481 e. The number of carbonyl (C=O) groups is 2. The van der Waals surface area contributed by atoms with Crippen LogP contribution in [-0.2, 0) is 9.59 Å². The highest BCUT2D eigenvalue weighted by Gasteiger charge is 2.37. The first-order valence-electron chi connectivity index (χ1n) is 7.25. The number of nitrogens with one attached hydrogen (secondary N) is 2. The van der Waals surface area contributed by atoms with Gasteiger partial charge in [0, 0.05) is 13.1 Å². The van der Waals surface area contributed by atoms with E-state index in [0.717, 1.165) is 38.6 Å². The predicted octanol–water partition coefficient (Wildman–Crippen LogP) is 0.993. The van der Waals surface area contributed by atoms with Crippen LogP contribution in [0.25, 0.3) is 0 Å². The summed E-state index contributed by atoms with van der Waals surface area (Å²) in [7, 11) is 0. The topological polar surface area (TPSA) is 78.4 Å². The van der Waals surface area contributed by atoms with E-state index < -0.39 is 5.97 Å². The highest BCUT2D eigenvalue weighted by Crippen LogP contribution is 2.30. The van der Waals surface area contributed by atoms with Gasteiger partial charge < -0.3 is 15.7 Å². The molecule has 1 aliphatic carbocycles. The lowest BCUT2D eigenvalue weighted by Gasteiger charge is -2.30. The summed E-state index contributed by atoms with van der Waals surface area (Å²) in [5, 5.41) is 15.4. The Morgan fingerprint density at radius 2 is 2.11 bits per heavy atom. The van der Waals surface area contributed by atoms with Crippen LogP contribution in [0.5, 0.6) is 0 Å². The Morgan fingerprint density at radius 3 is 2.74 bits per heavy atom. The van der Waals surface area contributed by atoms with Crippen molar-refractivity contribution in [3.05, 3.63) is 0 Å². The van der Waals surface area contributed by atoms with Crippen molar-refractivity contribution in [1.29, 1.82) is 0 Å². The third-order valence-corrected chi connectivity index (χ3v) is 4.67. The maximum atomic E-state index is 12.2. The van der Waals surface area contributed by atoms with Crippen molar-refractivity contribution in [2.24, 2.45) is 17.3 Å². The molecule has 0 aromatic heterocycles. The highest BCUT2D eigenvalue weighted by atomic mass is 16.4. The van der Waals surface area contributed by atoms with E-state index in [1.165, 1.54) is 0 Å². The summed E-state index contributed by atoms with van der Waals surface area (Å²) in [6, 6.07) is 0. The molecule has 1 saturated heterocycles. The Kier molecular flexibility index (Phi) is 4.45. The van der Waals surface area contributed by atoms with Crippen LogP contribution in [0.15, 0.2) is 0 Å². The minimum atomic E-state index is -0.715. The van der Waals surface area contributed by atoms with E-state index in [4.69, 9.17) is 0 Å². The maximum Gasteiger partial charge on any atom is 0.306 e. The zero-order chi connectivity index (χ0) is 13.9. The molecule has 0 radical (unpaired) electrons. The molecule has 0 bridgehead atoms. The van der Waals surface area contributed by atoms with Gasteiger partial charge in [-0.05, 0) is 38.6 Å². The van der Waals surface area contributed by atoms with Crippen LogP contribution < -0.4 is 10.6 Å². The highest BCUT2D eigenvalue weighted by molar-refractivity contribution is 5.83. The number of rotatable bonds is 4. The van der Waals surface area contributed by atoms with E-state index in [0.29, 0.717) is 13.1 Å². The minimum Gasteiger partial charge on any atom is -0.481 e. The van der Waals surface area contributed by atoms with Crippen LogP contribution >= 0.6 is 0 Å². The summed E-state index contributed by atoms with van der Waals surface area (Å²) in [5.74, 6) is -0.850. The summed E-state index contributed by atoms with van der Waals surface area (Å²) in [6.45, 7) is 4.07. The molecule has 1 heterocycles. The Hall–Kier alpha value is -1.10. The summed E-state index contributed by atoms with van der Waals surface area (Å²) in [5.41, 5.74) is -0.326. The Labute approximate surface area is 114 Å². The molecule has 1 saturated carbocycles. The second-order valence-corrected chi connectivity index (χ2v) is 6.19. The van der Waals surface area contributed by atoms with Crippen molar-refractivity contribution in [2.45, 2.75) is 39.0 Å². The van der Waals surface area contributed by atoms with Gasteiger partial charge in [-0.15, -0.1) is 0 Å². The molecule has 1 aliphatic heterocycles. The van der Waals surface area contributed by atoms with Crippen molar-refractivity contribution < 1.29 is 14.7 Å². The molecule has 3 unspecified atom stereocenters. The standard InChI is InChI=1S/C14H24N2O3/c1-14(6-7-15-9-14)13(19)16-8-10-4-2-3-5-11(10)12(17)18/h10-11,15H,2-9H2,1H3,(H,16,19)(H,17,18). The fourth-order valence-electron chi connectivity index (χ4n) is 3.23. The summed E-state index contributed by atoms with van der Waals surface area (Å²) in [4.78, 5) is 23.4. The predicted molar refractivity (Wildman–Crippen MR) is 71.7 cm³/mol. The number of amides is 1. The monoisotopic (exact) mass is 268 g/mol. The zero-order valence-electron chi connectivity index (χ0n) is 11.6. The number of hydrogen-bond donors (Lipinski definition) is 3. The average Bonchev–Trinajstić information content (AvgIpc) is 2.84. The summed E-state index contributed by atoms with van der Waals surface area (Å²) >= 11 is 0. The van der Waals surface area contributed by atoms with E-state index in [-0.39, 0.29) is 23.2 Å². The summed E-state index contributed by atoms with van der Waals surface area (Å²) < 4.78 is 0. The van der Waals surface area contributed by atoms with Crippen molar-refractivity contribution in [2.75, 3.05) is 19.6 Å². The molecular weight excluding hydrogens is 244 g/mol. The van der Waals surface area contributed by atoms with Crippen LogP contribution in [0.1, 0.15) is 39.0 Å². The lowest BCUT2D eigenvalue weighted by Crippen LogP contribution is -2.44. The molecule has 0 aromatic carbocycles. The molecule has 2 rings (SSSR count). The number of hydrogen-bond acceptors (Lipinski definition) is 3. The molecule has 0 spiro atoms. The molecule has 5 nitrogen and oxygen atoms in total. The average molecular weight is 268 g/mol. The van der Waals surface area contributed by atoms with Crippen LogP contribution in [0, 0.1) is 17.3 Å². The first-order valence-corrected chi connectivity index (χ1v) is 7.25. The number of carbonyl (C=O) groups excluding carboxylic acids is 1. The van der Waals surface area contributed by atoms with Gasteiger partial charge in [-0.2, -0.15) is 0 Å². The zero-order valence-corrected chi connectivity index (χ0v) is 11.6. The third-order valence-electron chi connectivity index (χ3n) is 4.67. The van der Waals surface area contributed by atoms with Crippen molar-refractivity contribution in [3.8, 4) is 0 Å². The second kappa shape index (κ2) is 5.90. The maximum absolute atomic E-state index is 12.2. The molecule has 5 heteroatoms. The van der Waals surface area contributed by atoms with Gasteiger partial charge >= 0.3 is 5.97 Å². The second-order valence-electron chi connectivity index (χ2n) is 6.19. The van der Waals surface area contributed by atoms with E-state index in [1.54, 1.807) is 0 Å². The first-order chi connectivity index (χ1) is 9.03. The van der Waals surface area contributed by atoms with Gasteiger partial charge in [0.2, 0.25) is 5.91 Å². The van der Waals surface area contributed by atoms with Crippen LogP contribution in [0.2, 0.25) is 0 Å². The smallest absolute Gasteiger partial charge is 0.306 e. The number of carboxylic acids is 1. The van der Waals surface area contributed by atoms with Crippen molar-refractivity contribution in [1.82, 2.24) is 10.6 Å². The van der Waals surface area contributed by atoms with Crippen LogP contribution in [0.3, 0.4) is 0 Å². The van der Waals surface area contributed by atoms with E-state index in [1.807, 2.05) is 6.92 Å². The molecule has 3 atom stereocenters. The third kappa shape index (κ3) is 3.26. The van der Waals surface area contributed by atoms with E-state index in [9.17, 15) is 14.7 Å². The Balaban J connectivity index is 1.86. The van der Waals surface area contributed by atoms with Gasteiger partial charge in [0.1, 0.15) is 0 Å². The SMILES string of the molecule is CC1(C(=O)NCC2CCCCC2C(=O)O)CCNC1. The Morgan fingerprint density at radius 1 is 1.37 bits per heavy atom. The molecule has 19 heavy (non-hydrogen) atoms. The van der Waals surface area contributed by atoms with Crippen molar-refractivity contribution >= 4 is 11.9 Å². The fourth-order valence-corrected chi connectivity index (χ4v) is 3.23. The van der Waals surface area contributed by atoms with E-state index in [2.05, 4.69) is 10.6 Å². The Bertz CT molecular complexity index is 351. The molecule has 0 aromatic rings. The quantitative estimate of drug-likeness (QED) is 0.710. The van der Waals surface area contributed by atoms with Gasteiger partial charge in [0.15, 0.2) is 0 Å². The lowest BCUT2D eigenvalue weighted by atomic mass is 9.79. The van der Waals surface area contributed by atoms with Crippen LogP contribution in [0.4, 0.5) is 0 Å². The van der Waals surface area contributed by atoms with Gasteiger partial charge in [-0.25, -0.2) is 0 Å². The van der Waals surface area contributed by atoms with Gasteiger partial charge in [0.05, 0.1) is 11.3 Å². The lowest BCUT2D eigenvalue weighted by molar-refractivity contribution is -0.145. The first kappa shape index (κ1) is 14.3. The molecule has 3 N–H and O–H groups in total. The molecule has 2 fully saturated rings. The van der Waals surface area contributed by atoms with Crippen LogP contribution in [-0.4, -0.2) is 36.6 Å². The van der Waals surface area contributed by atoms with E-state index >= 15 is 0 Å². The number of aliphatic carboxylic acids is 1. The van der Waals surface area contributed by atoms with Gasteiger partial charge in [-0.1, -0.05) is 12.8 Å². The minimum absolute atomic E-state index is 0.0622. The van der Waals surface area contributed by atoms with Crippen molar-refractivity contribution in [3.63, 3.8) is 0 Å². The fraction of sp³-hybridized carbons (Fsp3) is 0.857. The molecular formula is C14H24N2O3. The number of carboxylic acid groups (broad SMARTS) is 1.